The van der Waals surface area contributed by atoms with E-state index >= 15 is 0 Å². The molecule has 1 N–H and O–H groups in total. The minimum absolute atomic E-state index is 0.171. The van der Waals surface area contributed by atoms with E-state index < -0.39 is 9.84 Å². The summed E-state index contributed by atoms with van der Waals surface area (Å²) in [5, 5.41) is 6.92. The molecule has 0 saturated carbocycles. The molecule has 0 bridgehead atoms. The van der Waals surface area contributed by atoms with Crippen LogP contribution < -0.4 is 5.32 Å². The van der Waals surface area contributed by atoms with Gasteiger partial charge in [-0.25, -0.2) is 13.4 Å². The molecular formula is C7H14N4O2S. The van der Waals surface area contributed by atoms with Crippen LogP contribution in [0, 0.1) is 0 Å². The fourth-order valence-corrected chi connectivity index (χ4v) is 1.44. The van der Waals surface area contributed by atoms with Gasteiger partial charge in [-0.1, -0.05) is 0 Å². The van der Waals surface area contributed by atoms with Gasteiger partial charge in [-0.15, -0.1) is 0 Å². The maximum atomic E-state index is 10.8. The van der Waals surface area contributed by atoms with Gasteiger partial charge >= 0.3 is 0 Å². The SMILES string of the molecule is CS(=O)(=O)CCNCCn1cncn1. The van der Waals surface area contributed by atoms with Gasteiger partial charge in [0.05, 0.1) is 12.3 Å². The molecule has 1 aromatic rings. The number of aromatic nitrogens is 3. The van der Waals surface area contributed by atoms with Crippen LogP contribution in [0.4, 0.5) is 0 Å². The number of hydrogen-bond acceptors (Lipinski definition) is 5. The Morgan fingerprint density at radius 3 is 2.79 bits per heavy atom. The minimum atomic E-state index is -2.86. The first kappa shape index (κ1) is 11.1. The summed E-state index contributed by atoms with van der Waals surface area (Å²) in [6, 6.07) is 0. The molecule has 0 fully saturated rings. The van der Waals surface area contributed by atoms with E-state index in [-0.39, 0.29) is 5.75 Å². The summed E-state index contributed by atoms with van der Waals surface area (Å²) in [6.07, 6.45) is 4.32. The first-order valence-electron chi connectivity index (χ1n) is 4.29. The van der Waals surface area contributed by atoms with E-state index in [4.69, 9.17) is 0 Å². The van der Waals surface area contributed by atoms with Gasteiger partial charge in [-0.2, -0.15) is 5.10 Å². The van der Waals surface area contributed by atoms with E-state index in [0.717, 1.165) is 0 Å². The highest BCUT2D eigenvalue weighted by Crippen LogP contribution is 1.81. The highest BCUT2D eigenvalue weighted by Gasteiger charge is 2.00. The molecule has 0 atom stereocenters. The van der Waals surface area contributed by atoms with Gasteiger partial charge in [-0.05, 0) is 0 Å². The van der Waals surface area contributed by atoms with Gasteiger partial charge < -0.3 is 5.32 Å². The van der Waals surface area contributed by atoms with Crippen LogP contribution in [0.25, 0.3) is 0 Å². The van der Waals surface area contributed by atoms with Crippen LogP contribution in [0.5, 0.6) is 0 Å². The maximum Gasteiger partial charge on any atom is 0.148 e. The van der Waals surface area contributed by atoms with E-state index in [1.165, 1.54) is 12.6 Å². The minimum Gasteiger partial charge on any atom is -0.314 e. The molecule has 0 saturated heterocycles. The summed E-state index contributed by atoms with van der Waals surface area (Å²) >= 11 is 0. The van der Waals surface area contributed by atoms with Crippen molar-refractivity contribution in [2.45, 2.75) is 6.54 Å². The van der Waals surface area contributed by atoms with Crippen molar-refractivity contribution < 1.29 is 8.42 Å². The van der Waals surface area contributed by atoms with Gasteiger partial charge in [0.1, 0.15) is 22.5 Å². The van der Waals surface area contributed by atoms with E-state index in [1.54, 1.807) is 11.0 Å². The van der Waals surface area contributed by atoms with Gasteiger partial charge in [0.15, 0.2) is 0 Å². The zero-order valence-corrected chi connectivity index (χ0v) is 8.87. The quantitative estimate of drug-likeness (QED) is 0.614. The van der Waals surface area contributed by atoms with E-state index in [9.17, 15) is 8.42 Å². The lowest BCUT2D eigenvalue weighted by Gasteiger charge is -2.03. The van der Waals surface area contributed by atoms with Crippen molar-refractivity contribution in [2.24, 2.45) is 0 Å². The zero-order valence-electron chi connectivity index (χ0n) is 8.05. The predicted molar refractivity (Wildman–Crippen MR) is 52.6 cm³/mol. The van der Waals surface area contributed by atoms with Gasteiger partial charge in [-0.3, -0.25) is 4.68 Å². The van der Waals surface area contributed by atoms with Crippen molar-refractivity contribution >= 4 is 9.84 Å². The van der Waals surface area contributed by atoms with Gasteiger partial charge in [0.25, 0.3) is 0 Å². The number of nitrogens with one attached hydrogen (secondary N) is 1. The molecule has 0 aliphatic carbocycles. The largest absolute Gasteiger partial charge is 0.314 e. The summed E-state index contributed by atoms with van der Waals surface area (Å²) < 4.78 is 23.2. The van der Waals surface area contributed by atoms with Crippen molar-refractivity contribution in [3.8, 4) is 0 Å². The summed E-state index contributed by atoms with van der Waals surface area (Å²) in [5.41, 5.74) is 0. The zero-order chi connectivity index (χ0) is 10.4. The third-order valence-electron chi connectivity index (χ3n) is 1.63. The Morgan fingerprint density at radius 2 is 2.21 bits per heavy atom. The molecule has 1 heterocycles. The number of sulfone groups is 1. The number of hydrogen-bond donors (Lipinski definition) is 1. The summed E-state index contributed by atoms with van der Waals surface area (Å²) in [5.74, 6) is 0.171. The third-order valence-corrected chi connectivity index (χ3v) is 2.58. The first-order chi connectivity index (χ1) is 6.58. The topological polar surface area (TPSA) is 76.9 Å². The number of rotatable bonds is 6. The monoisotopic (exact) mass is 218 g/mol. The van der Waals surface area contributed by atoms with Crippen LogP contribution in [0.2, 0.25) is 0 Å². The highest BCUT2D eigenvalue weighted by molar-refractivity contribution is 7.90. The third kappa shape index (κ3) is 4.93. The van der Waals surface area contributed by atoms with E-state index in [0.29, 0.717) is 19.6 Å². The molecule has 0 unspecified atom stereocenters. The molecular weight excluding hydrogens is 204 g/mol. The second-order valence-corrected chi connectivity index (χ2v) is 5.30. The molecule has 0 radical (unpaired) electrons. The Kier molecular flexibility index (Phi) is 4.02. The normalized spacial score (nSPS) is 11.8. The molecule has 7 heteroatoms. The van der Waals surface area contributed by atoms with Crippen molar-refractivity contribution in [1.29, 1.82) is 0 Å². The number of nitrogens with zero attached hydrogens (tertiary/aromatic N) is 3. The Labute approximate surface area is 83.3 Å². The molecule has 1 aromatic heterocycles. The molecule has 1 rings (SSSR count). The Hall–Kier alpha value is -0.950. The molecule has 6 nitrogen and oxygen atoms in total. The van der Waals surface area contributed by atoms with Crippen LogP contribution in [-0.2, 0) is 16.4 Å². The Bertz CT molecular complexity index is 346. The summed E-state index contributed by atoms with van der Waals surface area (Å²) in [6.45, 7) is 1.87. The summed E-state index contributed by atoms with van der Waals surface area (Å²) in [4.78, 5) is 3.79. The fourth-order valence-electron chi connectivity index (χ4n) is 0.924. The fraction of sp³-hybridized carbons (Fsp3) is 0.714. The predicted octanol–water partition coefficient (Wildman–Crippen LogP) is -1.09. The lowest BCUT2D eigenvalue weighted by molar-refractivity contribution is 0.559. The van der Waals surface area contributed by atoms with E-state index in [2.05, 4.69) is 15.4 Å². The standard InChI is InChI=1S/C7H14N4O2S/c1-14(12,13)5-3-8-2-4-11-7-9-6-10-11/h6-8H,2-5H2,1H3. The van der Waals surface area contributed by atoms with Crippen LogP contribution in [0.15, 0.2) is 12.7 Å². The smallest absolute Gasteiger partial charge is 0.148 e. The van der Waals surface area contributed by atoms with Crippen LogP contribution in [-0.4, -0.2) is 48.3 Å². The maximum absolute atomic E-state index is 10.8. The molecule has 0 spiro atoms. The molecule has 0 aliphatic rings. The average molecular weight is 218 g/mol. The molecule has 0 amide bonds. The van der Waals surface area contributed by atoms with Crippen molar-refractivity contribution in [1.82, 2.24) is 20.1 Å². The molecule has 80 valence electrons. The molecule has 14 heavy (non-hydrogen) atoms. The van der Waals surface area contributed by atoms with Crippen LogP contribution in [0.1, 0.15) is 0 Å². The second kappa shape index (κ2) is 5.06. The second-order valence-electron chi connectivity index (χ2n) is 3.04. The first-order valence-corrected chi connectivity index (χ1v) is 6.35. The lowest BCUT2D eigenvalue weighted by Crippen LogP contribution is -2.25. The molecule has 0 aliphatic heterocycles. The van der Waals surface area contributed by atoms with Gasteiger partial charge in [0, 0.05) is 19.3 Å². The highest BCUT2D eigenvalue weighted by atomic mass is 32.2. The van der Waals surface area contributed by atoms with Crippen LogP contribution in [0.3, 0.4) is 0 Å². The van der Waals surface area contributed by atoms with E-state index in [1.807, 2.05) is 0 Å². The van der Waals surface area contributed by atoms with Crippen LogP contribution >= 0.6 is 0 Å². The van der Waals surface area contributed by atoms with Crippen molar-refractivity contribution in [2.75, 3.05) is 25.1 Å². The van der Waals surface area contributed by atoms with Crippen molar-refractivity contribution in [3.05, 3.63) is 12.7 Å². The lowest BCUT2D eigenvalue weighted by atomic mass is 10.6. The Morgan fingerprint density at radius 1 is 1.43 bits per heavy atom. The Balaban J connectivity index is 2.06. The molecule has 0 aromatic carbocycles. The average Bonchev–Trinajstić information content (AvgIpc) is 2.54. The van der Waals surface area contributed by atoms with Crippen molar-refractivity contribution in [3.63, 3.8) is 0 Å². The summed E-state index contributed by atoms with van der Waals surface area (Å²) in [7, 11) is -2.86. The van der Waals surface area contributed by atoms with Gasteiger partial charge in [0.2, 0.25) is 0 Å².